The molecule has 1 fully saturated rings. The van der Waals surface area contributed by atoms with Gasteiger partial charge in [0.2, 0.25) is 0 Å². The average molecular weight is 286 g/mol. The van der Waals surface area contributed by atoms with E-state index in [2.05, 4.69) is 70.5 Å². The summed E-state index contributed by atoms with van der Waals surface area (Å²) in [6, 6.07) is 10.0. The Morgan fingerprint density at radius 2 is 2.09 bits per heavy atom. The highest BCUT2D eigenvalue weighted by Gasteiger charge is 2.61. The van der Waals surface area contributed by atoms with E-state index in [4.69, 9.17) is 0 Å². The molecule has 5 aliphatic rings. The summed E-state index contributed by atoms with van der Waals surface area (Å²) in [5.41, 5.74) is 6.05. The van der Waals surface area contributed by atoms with Crippen molar-refractivity contribution >= 4 is 11.3 Å². The van der Waals surface area contributed by atoms with Crippen LogP contribution in [0.3, 0.4) is 0 Å². The zero-order chi connectivity index (χ0) is 14.3. The van der Waals surface area contributed by atoms with Crippen molar-refractivity contribution in [2.75, 3.05) is 11.4 Å². The van der Waals surface area contributed by atoms with Gasteiger partial charge in [0.1, 0.15) is 5.66 Å². The Morgan fingerprint density at radius 1 is 1.14 bits per heavy atom. The standard InChI is InChI=1S/C20H18N2/c1-3-7-18-14(5-1)13-15-10-12-21-19-8-4-2-6-16(19)17-9-11-20(17,21)22(15)18/h1-9,13,15,18H,10-12H2. The largest absolute Gasteiger partial charge is 0.348 e. The number of hydrogen-bond acceptors (Lipinski definition) is 2. The average Bonchev–Trinajstić information content (AvgIpc) is 3.00. The third-order valence-electron chi connectivity index (χ3n) is 6.11. The maximum atomic E-state index is 2.78. The Balaban J connectivity index is 1.55. The lowest BCUT2D eigenvalue weighted by atomic mass is 9.78. The van der Waals surface area contributed by atoms with Gasteiger partial charge in [-0.25, -0.2) is 0 Å². The van der Waals surface area contributed by atoms with Crippen molar-refractivity contribution in [3.8, 4) is 0 Å². The second-order valence-corrected chi connectivity index (χ2v) is 6.93. The van der Waals surface area contributed by atoms with Gasteiger partial charge >= 0.3 is 0 Å². The summed E-state index contributed by atoms with van der Waals surface area (Å²) in [5.74, 6) is 0. The normalized spacial score (nSPS) is 36.6. The minimum absolute atomic E-state index is 0.116. The molecule has 1 aromatic rings. The maximum Gasteiger partial charge on any atom is 0.125 e. The van der Waals surface area contributed by atoms with Crippen LogP contribution in [0.15, 0.2) is 66.3 Å². The topological polar surface area (TPSA) is 6.48 Å². The molecule has 3 aliphatic heterocycles. The summed E-state index contributed by atoms with van der Waals surface area (Å²) in [7, 11) is 0. The number of benzene rings is 1. The Hall–Kier alpha value is -2.06. The molecule has 0 amide bonds. The van der Waals surface area contributed by atoms with E-state index in [1.165, 1.54) is 29.8 Å². The van der Waals surface area contributed by atoms with Crippen LogP contribution in [0.2, 0.25) is 0 Å². The minimum Gasteiger partial charge on any atom is -0.348 e. The first kappa shape index (κ1) is 11.5. The number of fused-ring (bicyclic) bond motifs is 6. The number of rotatable bonds is 0. The van der Waals surface area contributed by atoms with E-state index in [0.29, 0.717) is 12.1 Å². The third-order valence-corrected chi connectivity index (χ3v) is 6.11. The van der Waals surface area contributed by atoms with Crippen LogP contribution in [-0.2, 0) is 0 Å². The van der Waals surface area contributed by atoms with Crippen LogP contribution in [0.4, 0.5) is 5.69 Å². The SMILES string of the molecule is C1=CC2=CC3CCN4c5ccccc5C5=CCC54N3C2C=C1. The van der Waals surface area contributed by atoms with Crippen molar-refractivity contribution < 1.29 is 0 Å². The smallest absolute Gasteiger partial charge is 0.125 e. The second-order valence-electron chi connectivity index (χ2n) is 6.93. The highest BCUT2D eigenvalue weighted by molar-refractivity contribution is 5.95. The molecule has 1 spiro atoms. The molecule has 108 valence electrons. The number of allylic oxidation sites excluding steroid dienone is 2. The van der Waals surface area contributed by atoms with Gasteiger partial charge in [-0.05, 0) is 23.6 Å². The fourth-order valence-electron chi connectivity index (χ4n) is 5.24. The van der Waals surface area contributed by atoms with Crippen LogP contribution in [0.5, 0.6) is 0 Å². The first-order valence-corrected chi connectivity index (χ1v) is 8.32. The summed E-state index contributed by atoms with van der Waals surface area (Å²) in [5, 5.41) is 0. The van der Waals surface area contributed by atoms with Crippen molar-refractivity contribution in [2.45, 2.75) is 30.6 Å². The Kier molecular flexibility index (Phi) is 1.90. The molecule has 0 radical (unpaired) electrons. The molecule has 0 bridgehead atoms. The summed E-state index contributed by atoms with van der Waals surface area (Å²) >= 11 is 0. The molecular weight excluding hydrogens is 268 g/mol. The van der Waals surface area contributed by atoms with E-state index >= 15 is 0 Å². The van der Waals surface area contributed by atoms with Gasteiger partial charge in [-0.3, -0.25) is 4.90 Å². The van der Waals surface area contributed by atoms with Crippen LogP contribution in [-0.4, -0.2) is 29.2 Å². The predicted molar refractivity (Wildman–Crippen MR) is 89.5 cm³/mol. The highest BCUT2D eigenvalue weighted by Crippen LogP contribution is 2.60. The van der Waals surface area contributed by atoms with Crippen molar-refractivity contribution in [1.29, 1.82) is 0 Å². The van der Waals surface area contributed by atoms with E-state index in [1.54, 1.807) is 5.57 Å². The molecule has 22 heavy (non-hydrogen) atoms. The molecule has 2 heteroatoms. The van der Waals surface area contributed by atoms with Crippen LogP contribution in [0, 0.1) is 0 Å². The lowest BCUT2D eigenvalue weighted by Gasteiger charge is -2.58. The highest BCUT2D eigenvalue weighted by atomic mass is 15.5. The molecule has 2 aliphatic carbocycles. The van der Waals surface area contributed by atoms with Crippen molar-refractivity contribution in [3.63, 3.8) is 0 Å². The predicted octanol–water partition coefficient (Wildman–Crippen LogP) is 3.50. The molecule has 1 aromatic carbocycles. The first-order chi connectivity index (χ1) is 10.9. The summed E-state index contributed by atoms with van der Waals surface area (Å²) in [4.78, 5) is 5.46. The minimum atomic E-state index is 0.116. The first-order valence-electron chi connectivity index (χ1n) is 8.32. The van der Waals surface area contributed by atoms with Gasteiger partial charge in [0, 0.05) is 30.3 Å². The molecule has 3 atom stereocenters. The lowest BCUT2D eigenvalue weighted by molar-refractivity contribution is 0.0668. The summed E-state index contributed by atoms with van der Waals surface area (Å²) in [6.45, 7) is 1.17. The number of nitrogens with zero attached hydrogens (tertiary/aromatic N) is 2. The summed E-state index contributed by atoms with van der Waals surface area (Å²) < 4.78 is 0. The molecule has 0 aromatic heterocycles. The second kappa shape index (κ2) is 3.64. The Morgan fingerprint density at radius 3 is 3.00 bits per heavy atom. The van der Waals surface area contributed by atoms with E-state index in [-0.39, 0.29) is 5.66 Å². The van der Waals surface area contributed by atoms with Gasteiger partial charge in [0.25, 0.3) is 0 Å². The fraction of sp³-hybridized carbons (Fsp3) is 0.300. The van der Waals surface area contributed by atoms with Crippen molar-refractivity contribution in [2.24, 2.45) is 0 Å². The van der Waals surface area contributed by atoms with E-state index in [9.17, 15) is 0 Å². The van der Waals surface area contributed by atoms with Crippen LogP contribution < -0.4 is 4.90 Å². The number of para-hydroxylation sites is 1. The monoisotopic (exact) mass is 286 g/mol. The van der Waals surface area contributed by atoms with Crippen LogP contribution in [0.25, 0.3) is 5.57 Å². The molecule has 3 unspecified atom stereocenters. The van der Waals surface area contributed by atoms with E-state index in [0.717, 1.165) is 6.42 Å². The maximum absolute atomic E-state index is 2.78. The van der Waals surface area contributed by atoms with Gasteiger partial charge < -0.3 is 4.90 Å². The van der Waals surface area contributed by atoms with Gasteiger partial charge in [0.15, 0.2) is 0 Å². The molecule has 0 N–H and O–H groups in total. The van der Waals surface area contributed by atoms with Crippen LogP contribution in [0.1, 0.15) is 18.4 Å². The zero-order valence-electron chi connectivity index (χ0n) is 12.4. The number of hydrogen-bond donors (Lipinski definition) is 0. The molecule has 1 saturated heterocycles. The van der Waals surface area contributed by atoms with E-state index < -0.39 is 0 Å². The fourth-order valence-corrected chi connectivity index (χ4v) is 5.24. The zero-order valence-corrected chi connectivity index (χ0v) is 12.4. The molecule has 2 nitrogen and oxygen atoms in total. The number of anilines is 1. The van der Waals surface area contributed by atoms with Crippen molar-refractivity contribution in [3.05, 3.63) is 71.9 Å². The molecule has 3 heterocycles. The van der Waals surface area contributed by atoms with Gasteiger partial charge in [0.05, 0.1) is 6.04 Å². The Labute approximate surface area is 130 Å². The Bertz CT molecular complexity index is 813. The quantitative estimate of drug-likeness (QED) is 0.720. The summed E-state index contributed by atoms with van der Waals surface area (Å²) in [6.07, 6.45) is 16.4. The molecular formula is C20H18N2. The third kappa shape index (κ3) is 1.08. The lowest BCUT2D eigenvalue weighted by Crippen LogP contribution is -2.69. The van der Waals surface area contributed by atoms with Gasteiger partial charge in [-0.1, -0.05) is 54.7 Å². The van der Waals surface area contributed by atoms with Gasteiger partial charge in [-0.15, -0.1) is 0 Å². The van der Waals surface area contributed by atoms with Gasteiger partial charge in [-0.2, -0.15) is 0 Å². The molecule has 0 saturated carbocycles. The van der Waals surface area contributed by atoms with E-state index in [1.807, 2.05) is 0 Å². The van der Waals surface area contributed by atoms with Crippen LogP contribution >= 0.6 is 0 Å². The molecule has 6 rings (SSSR count). The van der Waals surface area contributed by atoms with Crippen molar-refractivity contribution in [1.82, 2.24) is 4.90 Å².